The van der Waals surface area contributed by atoms with Crippen molar-refractivity contribution in [2.24, 2.45) is 0 Å². The Balaban J connectivity index is 2.23. The molecule has 1 aromatic carbocycles. The summed E-state index contributed by atoms with van der Waals surface area (Å²) in [5.74, 6) is -1.04. The van der Waals surface area contributed by atoms with Gasteiger partial charge in [-0.15, -0.1) is 0 Å². The molecule has 1 heterocycles. The van der Waals surface area contributed by atoms with E-state index >= 15 is 0 Å². The van der Waals surface area contributed by atoms with Crippen LogP contribution in [0.3, 0.4) is 0 Å². The lowest BCUT2D eigenvalue weighted by atomic mass is 10.1. The lowest BCUT2D eigenvalue weighted by Gasteiger charge is -2.31. The second kappa shape index (κ2) is 5.71. The first-order valence-corrected chi connectivity index (χ1v) is 7.88. The van der Waals surface area contributed by atoms with E-state index in [0.29, 0.717) is 13.0 Å². The summed E-state index contributed by atoms with van der Waals surface area (Å²) in [6.07, 6.45) is 1.53. The fraction of sp³-hybridized carbons (Fsp3) is 0.462. The minimum absolute atomic E-state index is 0.0472. The smallest absolute Gasteiger partial charge is 0.322 e. The Bertz CT molecular complexity index is 541. The van der Waals surface area contributed by atoms with E-state index in [1.165, 1.54) is 0 Å². The molecule has 0 bridgehead atoms. The molecule has 1 saturated heterocycles. The summed E-state index contributed by atoms with van der Waals surface area (Å²) in [7, 11) is -3.44. The zero-order valence-electron chi connectivity index (χ0n) is 10.5. The number of hydrogen-bond donors (Lipinski definition) is 1. The maximum absolute atomic E-state index is 12.0. The lowest BCUT2D eigenvalue weighted by Crippen LogP contribution is -2.49. The summed E-state index contributed by atoms with van der Waals surface area (Å²) in [6.45, 7) is 0.298. The highest BCUT2D eigenvalue weighted by Gasteiger charge is 2.36. The summed E-state index contributed by atoms with van der Waals surface area (Å²) in [6, 6.07) is 8.10. The van der Waals surface area contributed by atoms with E-state index < -0.39 is 22.0 Å². The number of sulfonamides is 1. The van der Waals surface area contributed by atoms with E-state index in [1.54, 1.807) is 0 Å². The molecule has 1 atom stereocenters. The van der Waals surface area contributed by atoms with Crippen molar-refractivity contribution in [1.29, 1.82) is 0 Å². The molecule has 0 amide bonds. The average Bonchev–Trinajstić information content (AvgIpc) is 2.37. The number of carbonyl (C=O) groups is 1. The van der Waals surface area contributed by atoms with Crippen LogP contribution in [0.15, 0.2) is 30.3 Å². The van der Waals surface area contributed by atoms with Crippen LogP contribution in [0, 0.1) is 0 Å². The average molecular weight is 283 g/mol. The Morgan fingerprint density at radius 2 is 1.95 bits per heavy atom. The Hall–Kier alpha value is -1.40. The summed E-state index contributed by atoms with van der Waals surface area (Å²) in [4.78, 5) is 11.4. The molecule has 5 nitrogen and oxygen atoms in total. The zero-order valence-corrected chi connectivity index (χ0v) is 11.3. The van der Waals surface area contributed by atoms with Gasteiger partial charge in [0.2, 0.25) is 10.0 Å². The second-order valence-electron chi connectivity index (χ2n) is 4.68. The minimum Gasteiger partial charge on any atom is -0.480 e. The Morgan fingerprint density at radius 3 is 2.53 bits per heavy atom. The van der Waals surface area contributed by atoms with E-state index in [-0.39, 0.29) is 12.2 Å². The van der Waals surface area contributed by atoms with Crippen molar-refractivity contribution in [3.63, 3.8) is 0 Å². The highest BCUT2D eigenvalue weighted by Crippen LogP contribution is 2.20. The predicted molar refractivity (Wildman–Crippen MR) is 71.3 cm³/mol. The molecule has 0 saturated carbocycles. The number of nitrogens with zero attached hydrogens (tertiary/aromatic N) is 1. The number of benzene rings is 1. The van der Waals surface area contributed by atoms with E-state index in [9.17, 15) is 18.3 Å². The summed E-state index contributed by atoms with van der Waals surface area (Å²) in [5.41, 5.74) is 0.829. The molecule has 2 rings (SSSR count). The SMILES string of the molecule is O=C(O)C(Cc1ccccc1)N1CCCCS1(=O)=O. The maximum Gasteiger partial charge on any atom is 0.322 e. The lowest BCUT2D eigenvalue weighted by molar-refractivity contribution is -0.141. The molecule has 0 aliphatic carbocycles. The number of hydrogen-bond acceptors (Lipinski definition) is 3. The van der Waals surface area contributed by atoms with Gasteiger partial charge in [0.05, 0.1) is 5.75 Å². The Kier molecular flexibility index (Phi) is 4.21. The van der Waals surface area contributed by atoms with Crippen molar-refractivity contribution in [3.8, 4) is 0 Å². The standard InChI is InChI=1S/C13H17NO4S/c15-13(16)12(10-11-6-2-1-3-7-11)14-8-4-5-9-19(14,17)18/h1-3,6-7,12H,4-5,8-10H2,(H,15,16). The van der Waals surface area contributed by atoms with Gasteiger partial charge in [-0.1, -0.05) is 30.3 Å². The fourth-order valence-corrected chi connectivity index (χ4v) is 4.07. The third-order valence-electron chi connectivity index (χ3n) is 3.29. The Labute approximate surface area is 112 Å². The fourth-order valence-electron chi connectivity index (χ4n) is 2.31. The third-order valence-corrected chi connectivity index (χ3v) is 5.25. The first-order chi connectivity index (χ1) is 9.00. The number of aliphatic carboxylic acids is 1. The zero-order chi connectivity index (χ0) is 13.9. The maximum atomic E-state index is 12.0. The molecule has 1 N–H and O–H groups in total. The predicted octanol–water partition coefficient (Wildman–Crippen LogP) is 1.11. The quantitative estimate of drug-likeness (QED) is 0.898. The van der Waals surface area contributed by atoms with Crippen LogP contribution in [0.25, 0.3) is 0 Å². The van der Waals surface area contributed by atoms with Gasteiger partial charge in [-0.25, -0.2) is 8.42 Å². The Morgan fingerprint density at radius 1 is 1.26 bits per heavy atom. The molecule has 1 aliphatic heterocycles. The largest absolute Gasteiger partial charge is 0.480 e. The topological polar surface area (TPSA) is 74.7 Å². The number of carboxylic acids is 1. The molecule has 1 fully saturated rings. The molecule has 19 heavy (non-hydrogen) atoms. The van der Waals surface area contributed by atoms with Crippen LogP contribution in [0.2, 0.25) is 0 Å². The van der Waals surface area contributed by atoms with Gasteiger partial charge in [0.1, 0.15) is 6.04 Å². The molecule has 6 heteroatoms. The van der Waals surface area contributed by atoms with E-state index in [0.717, 1.165) is 16.3 Å². The van der Waals surface area contributed by atoms with Gasteiger partial charge in [-0.3, -0.25) is 4.79 Å². The van der Waals surface area contributed by atoms with Crippen LogP contribution >= 0.6 is 0 Å². The van der Waals surface area contributed by atoms with Gasteiger partial charge < -0.3 is 5.11 Å². The van der Waals surface area contributed by atoms with Gasteiger partial charge >= 0.3 is 5.97 Å². The molecule has 0 radical (unpaired) electrons. The van der Waals surface area contributed by atoms with E-state index in [4.69, 9.17) is 0 Å². The molecule has 104 valence electrons. The summed E-state index contributed by atoms with van der Waals surface area (Å²) < 4.78 is 25.1. The molecule has 1 aromatic rings. The van der Waals surface area contributed by atoms with Crippen molar-refractivity contribution >= 4 is 16.0 Å². The van der Waals surface area contributed by atoms with Crippen molar-refractivity contribution in [2.75, 3.05) is 12.3 Å². The molecule has 1 aliphatic rings. The van der Waals surface area contributed by atoms with Crippen LogP contribution in [0.4, 0.5) is 0 Å². The van der Waals surface area contributed by atoms with Gasteiger partial charge in [0, 0.05) is 6.54 Å². The summed E-state index contributed by atoms with van der Waals surface area (Å²) >= 11 is 0. The normalized spacial score (nSPS) is 20.8. The van der Waals surface area contributed by atoms with Gasteiger partial charge in [0.15, 0.2) is 0 Å². The minimum atomic E-state index is -3.44. The van der Waals surface area contributed by atoms with Crippen LogP contribution in [-0.4, -0.2) is 42.1 Å². The van der Waals surface area contributed by atoms with Crippen LogP contribution in [0.1, 0.15) is 18.4 Å². The molecular formula is C13H17NO4S. The molecule has 0 aromatic heterocycles. The molecular weight excluding hydrogens is 266 g/mol. The second-order valence-corrected chi connectivity index (χ2v) is 6.72. The summed E-state index contributed by atoms with van der Waals surface area (Å²) in [5, 5.41) is 9.31. The molecule has 1 unspecified atom stereocenters. The van der Waals surface area contributed by atoms with Crippen LogP contribution in [0.5, 0.6) is 0 Å². The first-order valence-electron chi connectivity index (χ1n) is 6.27. The van der Waals surface area contributed by atoms with Gasteiger partial charge in [-0.05, 0) is 24.8 Å². The number of rotatable bonds is 4. The van der Waals surface area contributed by atoms with Crippen molar-refractivity contribution in [1.82, 2.24) is 4.31 Å². The monoisotopic (exact) mass is 283 g/mol. The molecule has 0 spiro atoms. The highest BCUT2D eigenvalue weighted by molar-refractivity contribution is 7.89. The van der Waals surface area contributed by atoms with Crippen LogP contribution in [-0.2, 0) is 21.2 Å². The first kappa shape index (κ1) is 14.0. The number of carboxylic acid groups (broad SMARTS) is 1. The van der Waals surface area contributed by atoms with Crippen LogP contribution < -0.4 is 0 Å². The van der Waals surface area contributed by atoms with E-state index in [1.807, 2.05) is 30.3 Å². The van der Waals surface area contributed by atoms with Crippen molar-refractivity contribution in [3.05, 3.63) is 35.9 Å². The van der Waals surface area contributed by atoms with Crippen molar-refractivity contribution < 1.29 is 18.3 Å². The third kappa shape index (κ3) is 3.33. The van der Waals surface area contributed by atoms with Crippen molar-refractivity contribution in [2.45, 2.75) is 25.3 Å². The highest BCUT2D eigenvalue weighted by atomic mass is 32.2. The van der Waals surface area contributed by atoms with E-state index in [2.05, 4.69) is 0 Å². The van der Waals surface area contributed by atoms with Gasteiger partial charge in [-0.2, -0.15) is 4.31 Å². The van der Waals surface area contributed by atoms with Gasteiger partial charge in [0.25, 0.3) is 0 Å².